The summed E-state index contributed by atoms with van der Waals surface area (Å²) in [5.74, 6) is 0.317. The van der Waals surface area contributed by atoms with Gasteiger partial charge in [-0.3, -0.25) is 19.1 Å². The van der Waals surface area contributed by atoms with Crippen LogP contribution < -0.4 is 5.32 Å². The number of aryl methyl sites for hydroxylation is 2. The number of carbonyl (C=O) groups excluding carboxylic acids is 1. The Labute approximate surface area is 230 Å². The molecule has 1 aliphatic heterocycles. The van der Waals surface area contributed by atoms with Crippen molar-refractivity contribution in [2.75, 3.05) is 19.0 Å². The number of fused-ring (bicyclic) bond motifs is 3. The average Bonchev–Trinajstić information content (AvgIpc) is 3.41. The summed E-state index contributed by atoms with van der Waals surface area (Å²) in [7, 11) is 1.39. The van der Waals surface area contributed by atoms with E-state index < -0.39 is 5.97 Å². The van der Waals surface area contributed by atoms with Gasteiger partial charge in [0.1, 0.15) is 23.4 Å². The largest absolute Gasteiger partial charge is 0.480 e. The summed E-state index contributed by atoms with van der Waals surface area (Å²) in [4.78, 5) is 29.2. The number of hydrogen-bond acceptors (Lipinski definition) is 8. The molecule has 10 heteroatoms. The molecule has 2 aromatic heterocycles. The van der Waals surface area contributed by atoms with Crippen LogP contribution in [0.5, 0.6) is 0 Å². The van der Waals surface area contributed by atoms with Gasteiger partial charge in [0, 0.05) is 28.1 Å². The van der Waals surface area contributed by atoms with Crippen LogP contribution in [0.3, 0.4) is 0 Å². The Kier molecular flexibility index (Phi) is 7.30. The number of carboxylic acids is 1. The Hall–Kier alpha value is -4.31. The molecule has 0 fully saturated rings. The quantitative estimate of drug-likeness (QED) is 0.291. The van der Waals surface area contributed by atoms with Gasteiger partial charge in [-0.15, -0.1) is 21.5 Å². The molecule has 200 valence electrons. The maximum absolute atomic E-state index is 12.0. The number of thiophene rings is 1. The third-order valence-electron chi connectivity index (χ3n) is 6.91. The summed E-state index contributed by atoms with van der Waals surface area (Å²) in [6.07, 6.45) is 0.688. The molecule has 0 bridgehead atoms. The number of esters is 1. The topological polar surface area (TPSA) is 119 Å². The number of aromatic nitrogens is 3. The number of ether oxygens (including phenoxy) is 1. The van der Waals surface area contributed by atoms with E-state index in [1.54, 1.807) is 11.3 Å². The number of rotatable bonds is 8. The first-order chi connectivity index (χ1) is 18.8. The second kappa shape index (κ2) is 10.8. The molecule has 3 heterocycles. The van der Waals surface area contributed by atoms with E-state index in [0.29, 0.717) is 6.42 Å². The smallest absolute Gasteiger partial charge is 0.322 e. The molecule has 1 atom stereocenters. The Bertz CT molecular complexity index is 1570. The zero-order valence-corrected chi connectivity index (χ0v) is 23.0. The lowest BCUT2D eigenvalue weighted by Crippen LogP contribution is -2.11. The number of carboxylic acid groups (broad SMARTS) is 1. The number of carbonyl (C=O) groups is 2. The van der Waals surface area contributed by atoms with Crippen LogP contribution in [-0.2, 0) is 14.3 Å². The SMILES string of the molecule is COC(=O)CC[C@@H]1N=C(c2ccc(-c3ccc(NCC(=O)O)cc3)cc2)c2c(sc(C)c2C)-n2c(C)nnc21. The molecule has 0 radical (unpaired) electrons. The van der Waals surface area contributed by atoms with Crippen molar-refractivity contribution in [2.24, 2.45) is 4.99 Å². The molecule has 0 aliphatic carbocycles. The maximum Gasteiger partial charge on any atom is 0.322 e. The first-order valence-electron chi connectivity index (χ1n) is 12.6. The number of nitrogens with one attached hydrogen (secondary N) is 1. The summed E-state index contributed by atoms with van der Waals surface area (Å²) < 4.78 is 6.96. The van der Waals surface area contributed by atoms with Gasteiger partial charge >= 0.3 is 11.9 Å². The molecule has 2 aromatic carbocycles. The van der Waals surface area contributed by atoms with Crippen molar-refractivity contribution in [1.29, 1.82) is 0 Å². The second-order valence-electron chi connectivity index (χ2n) is 9.41. The van der Waals surface area contributed by atoms with E-state index in [1.165, 1.54) is 12.0 Å². The number of methoxy groups -OCH3 is 1. The summed E-state index contributed by atoms with van der Waals surface area (Å²) in [5.41, 5.74) is 6.87. The maximum atomic E-state index is 12.0. The highest BCUT2D eigenvalue weighted by atomic mass is 32.1. The third-order valence-corrected chi connectivity index (χ3v) is 8.10. The fraction of sp³-hybridized carbons (Fsp3) is 0.276. The van der Waals surface area contributed by atoms with Crippen LogP contribution in [0.25, 0.3) is 16.1 Å². The zero-order valence-electron chi connectivity index (χ0n) is 22.2. The Morgan fingerprint density at radius 1 is 1.00 bits per heavy atom. The van der Waals surface area contributed by atoms with Gasteiger partial charge in [0.25, 0.3) is 0 Å². The molecule has 0 unspecified atom stereocenters. The van der Waals surface area contributed by atoms with Crippen LogP contribution in [-0.4, -0.2) is 51.2 Å². The van der Waals surface area contributed by atoms with Gasteiger partial charge in [0.05, 0.1) is 12.8 Å². The van der Waals surface area contributed by atoms with E-state index in [2.05, 4.69) is 58.2 Å². The Balaban J connectivity index is 1.53. The highest BCUT2D eigenvalue weighted by Crippen LogP contribution is 2.40. The molecular weight excluding hydrogens is 514 g/mol. The van der Waals surface area contributed by atoms with Gasteiger partial charge in [-0.1, -0.05) is 36.4 Å². The zero-order chi connectivity index (χ0) is 27.7. The molecule has 2 N–H and O–H groups in total. The number of aliphatic imine (C=N–C) groups is 1. The van der Waals surface area contributed by atoms with Crippen LogP contribution in [0.15, 0.2) is 53.5 Å². The summed E-state index contributed by atoms with van der Waals surface area (Å²) >= 11 is 1.70. The number of aliphatic carboxylic acids is 1. The standard InChI is InChI=1S/C29H29N5O4S/c1-16-17(2)39-29-26(16)27(31-23(13-14-25(37)38-4)28-33-32-18(3)34(28)29)21-7-5-19(6-8-21)20-9-11-22(12-10-20)30-15-24(35)36/h5-12,23,30H,13-15H2,1-4H3,(H,35,36)/t23-/m0/s1. The predicted octanol–water partition coefficient (Wildman–Crippen LogP) is 5.26. The number of anilines is 1. The van der Waals surface area contributed by atoms with Gasteiger partial charge in [-0.2, -0.15) is 0 Å². The number of nitrogens with zero attached hydrogens (tertiary/aromatic N) is 4. The monoisotopic (exact) mass is 543 g/mol. The normalized spacial score (nSPS) is 14.2. The summed E-state index contributed by atoms with van der Waals surface area (Å²) in [6, 6.07) is 15.6. The molecule has 5 rings (SSSR count). The van der Waals surface area contributed by atoms with Gasteiger partial charge in [0.15, 0.2) is 5.82 Å². The fourth-order valence-corrected chi connectivity index (χ4v) is 5.93. The van der Waals surface area contributed by atoms with Gasteiger partial charge < -0.3 is 15.2 Å². The van der Waals surface area contributed by atoms with Gasteiger partial charge in [-0.25, -0.2) is 0 Å². The average molecular weight is 544 g/mol. The van der Waals surface area contributed by atoms with Crippen molar-refractivity contribution < 1.29 is 19.4 Å². The molecular formula is C29H29N5O4S. The van der Waals surface area contributed by atoms with E-state index in [9.17, 15) is 9.59 Å². The minimum absolute atomic E-state index is 0.129. The number of hydrogen-bond donors (Lipinski definition) is 2. The van der Waals surface area contributed by atoms with Crippen LogP contribution >= 0.6 is 11.3 Å². The van der Waals surface area contributed by atoms with E-state index in [1.807, 2.05) is 31.2 Å². The second-order valence-corrected chi connectivity index (χ2v) is 10.6. The molecule has 0 saturated heterocycles. The fourth-order valence-electron chi connectivity index (χ4n) is 4.72. The van der Waals surface area contributed by atoms with E-state index >= 15 is 0 Å². The van der Waals surface area contributed by atoms with Gasteiger partial charge in [0.2, 0.25) is 0 Å². The van der Waals surface area contributed by atoms with Crippen molar-refractivity contribution in [1.82, 2.24) is 14.8 Å². The lowest BCUT2D eigenvalue weighted by atomic mass is 9.97. The summed E-state index contributed by atoms with van der Waals surface area (Å²) in [6.45, 7) is 6.03. The first kappa shape index (κ1) is 26.3. The van der Waals surface area contributed by atoms with Crippen molar-refractivity contribution in [3.05, 3.63) is 81.7 Å². The molecule has 0 amide bonds. The number of benzene rings is 2. The van der Waals surface area contributed by atoms with Crippen LogP contribution in [0.2, 0.25) is 0 Å². The lowest BCUT2D eigenvalue weighted by Gasteiger charge is -2.13. The highest BCUT2D eigenvalue weighted by Gasteiger charge is 2.31. The lowest BCUT2D eigenvalue weighted by molar-refractivity contribution is -0.140. The molecule has 1 aliphatic rings. The summed E-state index contributed by atoms with van der Waals surface area (Å²) in [5, 5.41) is 21.6. The molecule has 0 spiro atoms. The molecule has 0 saturated carbocycles. The molecule has 4 aromatic rings. The molecule has 39 heavy (non-hydrogen) atoms. The Morgan fingerprint density at radius 3 is 2.28 bits per heavy atom. The van der Waals surface area contributed by atoms with E-state index in [0.717, 1.165) is 55.9 Å². The first-order valence-corrected chi connectivity index (χ1v) is 13.4. The van der Waals surface area contributed by atoms with Crippen LogP contribution in [0.1, 0.15) is 52.1 Å². The van der Waals surface area contributed by atoms with Crippen LogP contribution in [0.4, 0.5) is 5.69 Å². The van der Waals surface area contributed by atoms with Crippen molar-refractivity contribution in [2.45, 2.75) is 39.7 Å². The van der Waals surface area contributed by atoms with Gasteiger partial charge in [-0.05, 0) is 56.0 Å². The minimum atomic E-state index is -0.905. The van der Waals surface area contributed by atoms with E-state index in [-0.39, 0.29) is 25.0 Å². The Morgan fingerprint density at radius 2 is 1.64 bits per heavy atom. The minimum Gasteiger partial charge on any atom is -0.480 e. The van der Waals surface area contributed by atoms with Crippen molar-refractivity contribution in [3.8, 4) is 16.1 Å². The third kappa shape index (κ3) is 5.20. The predicted molar refractivity (Wildman–Crippen MR) is 151 cm³/mol. The van der Waals surface area contributed by atoms with E-state index in [4.69, 9.17) is 14.8 Å². The van der Waals surface area contributed by atoms with Crippen molar-refractivity contribution in [3.63, 3.8) is 0 Å². The van der Waals surface area contributed by atoms with Crippen molar-refractivity contribution >= 4 is 34.7 Å². The highest BCUT2D eigenvalue weighted by molar-refractivity contribution is 7.15. The molecule has 9 nitrogen and oxygen atoms in total. The van der Waals surface area contributed by atoms with Crippen LogP contribution in [0, 0.1) is 20.8 Å².